The van der Waals surface area contributed by atoms with Crippen molar-refractivity contribution < 1.29 is 13.7 Å². The first-order chi connectivity index (χ1) is 9.05. The van der Waals surface area contributed by atoms with Gasteiger partial charge in [-0.05, 0) is 34.5 Å². The van der Waals surface area contributed by atoms with Gasteiger partial charge in [0, 0.05) is 9.35 Å². The van der Waals surface area contributed by atoms with E-state index in [1.807, 2.05) is 6.07 Å². The van der Waals surface area contributed by atoms with Crippen molar-refractivity contribution in [3.63, 3.8) is 0 Å². The van der Waals surface area contributed by atoms with E-state index in [0.717, 1.165) is 15.8 Å². The topological polar surface area (TPSA) is 67.8 Å². The number of carbonyl (C=O) groups excluding carboxylic acids is 1. The molecule has 0 spiro atoms. The van der Waals surface area contributed by atoms with Gasteiger partial charge in [0.05, 0.1) is 17.7 Å². The van der Waals surface area contributed by atoms with E-state index in [0.29, 0.717) is 5.70 Å². The largest absolute Gasteiger partial charge is 0.464 e. The molecule has 0 saturated heterocycles. The maximum absolute atomic E-state index is 11.6. The summed E-state index contributed by atoms with van der Waals surface area (Å²) in [5.74, 6) is -0.598. The Hall–Kier alpha value is -0.990. The Kier molecular flexibility index (Phi) is 4.54. The monoisotopic (exact) mass is 362 g/mol. The number of rotatable bonds is 3. The lowest BCUT2D eigenvalue weighted by Crippen LogP contribution is -2.25. The lowest BCUT2D eigenvalue weighted by molar-refractivity contribution is -0.132. The van der Waals surface area contributed by atoms with Crippen molar-refractivity contribution in [1.82, 2.24) is 4.72 Å². The molecule has 0 aliphatic carbocycles. The van der Waals surface area contributed by atoms with Crippen LogP contribution in [-0.4, -0.2) is 23.0 Å². The average molecular weight is 363 g/mol. The summed E-state index contributed by atoms with van der Waals surface area (Å²) < 4.78 is 23.6. The molecule has 1 N–H and O–H groups in total. The number of nitrogens with one attached hydrogen (secondary N) is 1. The molecule has 19 heavy (non-hydrogen) atoms. The van der Waals surface area contributed by atoms with Gasteiger partial charge in [0.25, 0.3) is 0 Å². The summed E-state index contributed by atoms with van der Waals surface area (Å²) in [4.78, 5) is 13.5. The molecule has 1 aliphatic heterocycles. The molecule has 1 aromatic rings. The van der Waals surface area contributed by atoms with Gasteiger partial charge in [0.2, 0.25) is 11.2 Å². The molecule has 102 valence electrons. The molecule has 0 radical (unpaired) electrons. The normalized spacial score (nSPS) is 18.4. The molecule has 1 atom stereocenters. The Bertz CT molecular complexity index is 607. The first kappa shape index (κ1) is 14.4. The van der Waals surface area contributed by atoms with Crippen LogP contribution in [0.4, 0.5) is 0 Å². The van der Waals surface area contributed by atoms with Crippen LogP contribution in [0.5, 0.6) is 0 Å². The fourth-order valence-electron chi connectivity index (χ4n) is 1.50. The van der Waals surface area contributed by atoms with E-state index in [1.54, 1.807) is 17.4 Å². The maximum Gasteiger partial charge on any atom is 0.357 e. The molecule has 1 unspecified atom stereocenters. The van der Waals surface area contributed by atoms with Gasteiger partial charge >= 0.3 is 5.97 Å². The number of esters is 1. The van der Waals surface area contributed by atoms with Crippen LogP contribution in [0, 0.1) is 0 Å². The van der Waals surface area contributed by atoms with E-state index in [2.05, 4.69) is 36.7 Å². The summed E-state index contributed by atoms with van der Waals surface area (Å²) in [5.41, 5.74) is 0.663. The number of ether oxygens (including phenoxy) is 1. The first-order valence-electron chi connectivity index (χ1n) is 5.41. The lowest BCUT2D eigenvalue weighted by Gasteiger charge is -2.11. The Balaban J connectivity index is 2.38. The zero-order chi connectivity index (χ0) is 14.0. The van der Waals surface area contributed by atoms with Crippen LogP contribution in [-0.2, 0) is 27.1 Å². The number of carbonyl (C=O) groups is 1. The highest BCUT2D eigenvalue weighted by Gasteiger charge is 2.20. The van der Waals surface area contributed by atoms with Crippen molar-refractivity contribution in [2.75, 3.05) is 7.11 Å². The van der Waals surface area contributed by atoms with E-state index >= 15 is 0 Å². The number of hydrogen-bond acceptors (Lipinski definition) is 4. The average Bonchev–Trinajstić information content (AvgIpc) is 2.78. The number of thiophene rings is 1. The van der Waals surface area contributed by atoms with Crippen LogP contribution in [0.3, 0.4) is 0 Å². The summed E-state index contributed by atoms with van der Waals surface area (Å²) in [6.45, 7) is 2.06. The van der Waals surface area contributed by atoms with E-state index in [4.69, 9.17) is 0 Å². The Morgan fingerprint density at radius 2 is 2.37 bits per heavy atom. The Morgan fingerprint density at radius 3 is 2.95 bits per heavy atom. The van der Waals surface area contributed by atoms with E-state index in [-0.39, 0.29) is 5.71 Å². The van der Waals surface area contributed by atoms with Gasteiger partial charge in [-0.3, -0.25) is 4.72 Å². The zero-order valence-corrected chi connectivity index (χ0v) is 13.4. The molecule has 0 saturated carbocycles. The lowest BCUT2D eigenvalue weighted by atomic mass is 10.2. The predicted molar refractivity (Wildman–Crippen MR) is 80.1 cm³/mol. The summed E-state index contributed by atoms with van der Waals surface area (Å²) in [7, 11) is 1.26. The van der Waals surface area contributed by atoms with Crippen molar-refractivity contribution in [2.45, 2.75) is 13.3 Å². The minimum absolute atomic E-state index is 0.0529. The molecule has 5 nitrogen and oxygen atoms in total. The van der Waals surface area contributed by atoms with E-state index in [1.165, 1.54) is 12.0 Å². The highest BCUT2D eigenvalue weighted by Crippen LogP contribution is 2.32. The molecule has 2 heterocycles. The van der Waals surface area contributed by atoms with Crippen LogP contribution >= 0.6 is 27.3 Å². The number of methoxy groups -OCH3 is 1. The summed E-state index contributed by atoms with van der Waals surface area (Å²) in [6, 6.07) is 1.93. The standard InChI is InChI=1S/C11H11BrN2O3S2/c1-3-9-6(12)4-10(18-9)7-5-8(11(15)17-2)14-19(16)13-7/h4-5,13H,3H2,1-2H3. The number of aryl methyl sites for hydroxylation is 1. The third kappa shape index (κ3) is 3.13. The number of nitrogens with zero attached hydrogens (tertiary/aromatic N) is 1. The Morgan fingerprint density at radius 1 is 1.63 bits per heavy atom. The van der Waals surface area contributed by atoms with Crippen molar-refractivity contribution >= 4 is 55.8 Å². The highest BCUT2D eigenvalue weighted by atomic mass is 79.9. The van der Waals surface area contributed by atoms with Gasteiger partial charge in [-0.15, -0.1) is 11.3 Å². The molecular weight excluding hydrogens is 352 g/mol. The molecule has 2 rings (SSSR count). The SMILES string of the molecule is CCc1sc(C2=CC(C(=O)OC)=NS(=O)N2)cc1Br. The molecular formula is C11H11BrN2O3S2. The minimum Gasteiger partial charge on any atom is -0.464 e. The third-order valence-electron chi connectivity index (χ3n) is 2.40. The number of hydrogen-bond donors (Lipinski definition) is 1. The van der Waals surface area contributed by atoms with Gasteiger partial charge in [0.15, 0.2) is 5.71 Å². The van der Waals surface area contributed by atoms with Gasteiger partial charge in [-0.2, -0.15) is 4.40 Å². The van der Waals surface area contributed by atoms with Crippen LogP contribution < -0.4 is 4.72 Å². The second-order valence-electron chi connectivity index (χ2n) is 3.61. The van der Waals surface area contributed by atoms with Crippen molar-refractivity contribution in [1.29, 1.82) is 0 Å². The van der Waals surface area contributed by atoms with Crippen LogP contribution in [0.15, 0.2) is 21.0 Å². The smallest absolute Gasteiger partial charge is 0.357 e. The summed E-state index contributed by atoms with van der Waals surface area (Å²) in [6.07, 6.45) is 2.45. The Labute approximate surface area is 125 Å². The number of halogens is 1. The molecule has 1 aliphatic rings. The highest BCUT2D eigenvalue weighted by molar-refractivity contribution is 9.10. The molecule has 0 fully saturated rings. The van der Waals surface area contributed by atoms with Crippen molar-refractivity contribution in [3.05, 3.63) is 26.4 Å². The van der Waals surface area contributed by atoms with Crippen LogP contribution in [0.2, 0.25) is 0 Å². The van der Waals surface area contributed by atoms with Gasteiger partial charge < -0.3 is 4.74 Å². The van der Waals surface area contributed by atoms with Crippen molar-refractivity contribution in [2.24, 2.45) is 4.40 Å². The quantitative estimate of drug-likeness (QED) is 0.838. The van der Waals surface area contributed by atoms with Gasteiger partial charge in [-0.25, -0.2) is 9.00 Å². The van der Waals surface area contributed by atoms with Crippen LogP contribution in [0.1, 0.15) is 16.7 Å². The van der Waals surface area contributed by atoms with Gasteiger partial charge in [0.1, 0.15) is 0 Å². The summed E-state index contributed by atoms with van der Waals surface area (Å²) >= 11 is 3.38. The fraction of sp³-hybridized carbons (Fsp3) is 0.273. The maximum atomic E-state index is 11.6. The van der Waals surface area contributed by atoms with E-state index in [9.17, 15) is 9.00 Å². The second-order valence-corrected chi connectivity index (χ2v) is 6.49. The molecule has 0 bridgehead atoms. The molecule has 0 amide bonds. The third-order valence-corrected chi connectivity index (χ3v) is 5.44. The van der Waals surface area contributed by atoms with Crippen molar-refractivity contribution in [3.8, 4) is 0 Å². The van der Waals surface area contributed by atoms with Crippen LogP contribution in [0.25, 0.3) is 5.70 Å². The molecule has 0 aromatic carbocycles. The predicted octanol–water partition coefficient (Wildman–Crippen LogP) is 2.21. The van der Waals surface area contributed by atoms with E-state index < -0.39 is 17.1 Å². The first-order valence-corrected chi connectivity index (χ1v) is 8.12. The second kappa shape index (κ2) is 5.98. The van der Waals surface area contributed by atoms with Gasteiger partial charge in [-0.1, -0.05) is 6.92 Å². The molecule has 1 aromatic heterocycles. The fourth-order valence-corrected chi connectivity index (χ4v) is 4.14. The molecule has 8 heteroatoms. The summed E-state index contributed by atoms with van der Waals surface area (Å²) in [5, 5.41) is 0. The minimum atomic E-state index is -1.66. The zero-order valence-electron chi connectivity index (χ0n) is 10.2.